The van der Waals surface area contributed by atoms with Gasteiger partial charge in [-0.1, -0.05) is 6.92 Å². The van der Waals surface area contributed by atoms with Gasteiger partial charge in [0.15, 0.2) is 0 Å². The number of ether oxygens (including phenoxy) is 2. The molecule has 0 atom stereocenters. The maximum atomic E-state index is 5.86. The highest BCUT2D eigenvalue weighted by Crippen LogP contribution is 2.18. The van der Waals surface area contributed by atoms with Crippen molar-refractivity contribution in [3.8, 4) is 12.0 Å². The van der Waals surface area contributed by atoms with E-state index in [1.54, 1.807) is 7.05 Å². The molecular weight excluding hydrogens is 258 g/mol. The summed E-state index contributed by atoms with van der Waals surface area (Å²) >= 11 is 0. The smallest absolute Gasteiger partial charge is 0.324 e. The molecule has 7 heteroatoms. The van der Waals surface area contributed by atoms with E-state index in [1.807, 2.05) is 6.92 Å². The molecule has 1 aromatic heterocycles. The Morgan fingerprint density at radius 3 is 2.55 bits per heavy atom. The fraction of sp³-hybridized carbons (Fsp3) is 0.769. The van der Waals surface area contributed by atoms with E-state index >= 15 is 0 Å². The van der Waals surface area contributed by atoms with Crippen LogP contribution < -0.4 is 14.8 Å². The van der Waals surface area contributed by atoms with Gasteiger partial charge in [-0.2, -0.15) is 9.97 Å². The Bertz CT molecular complexity index is 421. The Morgan fingerprint density at radius 1 is 1.20 bits per heavy atom. The van der Waals surface area contributed by atoms with Crippen LogP contribution >= 0.6 is 0 Å². The van der Waals surface area contributed by atoms with Crippen LogP contribution in [0, 0.1) is 0 Å². The first-order chi connectivity index (χ1) is 9.71. The van der Waals surface area contributed by atoms with Gasteiger partial charge in [0.2, 0.25) is 5.95 Å². The molecule has 0 amide bonds. The molecule has 1 aliphatic rings. The van der Waals surface area contributed by atoms with Gasteiger partial charge in [0.25, 0.3) is 0 Å². The predicted molar refractivity (Wildman–Crippen MR) is 76.3 cm³/mol. The Balaban J connectivity index is 2.02. The lowest BCUT2D eigenvalue weighted by Gasteiger charge is -2.28. The van der Waals surface area contributed by atoms with Crippen LogP contribution in [0.1, 0.15) is 26.2 Å². The highest BCUT2D eigenvalue weighted by molar-refractivity contribution is 5.26. The van der Waals surface area contributed by atoms with Gasteiger partial charge >= 0.3 is 12.0 Å². The molecule has 7 nitrogen and oxygen atoms in total. The second-order valence-corrected chi connectivity index (χ2v) is 4.94. The maximum absolute atomic E-state index is 5.86. The quantitative estimate of drug-likeness (QED) is 0.839. The minimum atomic E-state index is 0.164. The van der Waals surface area contributed by atoms with Crippen LogP contribution in [0.5, 0.6) is 12.0 Å². The molecule has 1 aliphatic heterocycles. The van der Waals surface area contributed by atoms with E-state index in [-0.39, 0.29) is 6.10 Å². The Morgan fingerprint density at radius 2 is 1.90 bits per heavy atom. The summed E-state index contributed by atoms with van der Waals surface area (Å²) in [7, 11) is 3.88. The monoisotopic (exact) mass is 281 g/mol. The molecule has 0 bridgehead atoms. The fourth-order valence-corrected chi connectivity index (χ4v) is 2.01. The average molecular weight is 281 g/mol. The van der Waals surface area contributed by atoms with Gasteiger partial charge in [-0.05, 0) is 26.3 Å². The molecular formula is C13H23N5O2. The molecule has 0 saturated carbocycles. The van der Waals surface area contributed by atoms with E-state index in [0.29, 0.717) is 24.6 Å². The zero-order valence-corrected chi connectivity index (χ0v) is 12.4. The molecule has 0 spiro atoms. The molecule has 2 rings (SSSR count). The number of piperidine rings is 1. The summed E-state index contributed by atoms with van der Waals surface area (Å²) in [6, 6.07) is 0.652. The minimum absolute atomic E-state index is 0.164. The first kappa shape index (κ1) is 14.8. The van der Waals surface area contributed by atoms with E-state index < -0.39 is 0 Å². The lowest BCUT2D eigenvalue weighted by atomic mass is 10.1. The van der Waals surface area contributed by atoms with E-state index in [1.165, 1.54) is 0 Å². The van der Waals surface area contributed by atoms with Crippen LogP contribution in [0.25, 0.3) is 0 Å². The summed E-state index contributed by atoms with van der Waals surface area (Å²) in [5.41, 5.74) is 0. The van der Waals surface area contributed by atoms with Crippen LogP contribution in [-0.2, 0) is 0 Å². The van der Waals surface area contributed by atoms with E-state index in [0.717, 1.165) is 32.4 Å². The molecule has 2 heterocycles. The van der Waals surface area contributed by atoms with E-state index in [9.17, 15) is 0 Å². The van der Waals surface area contributed by atoms with Gasteiger partial charge < -0.3 is 19.7 Å². The lowest BCUT2D eigenvalue weighted by Crippen LogP contribution is -2.36. The summed E-state index contributed by atoms with van der Waals surface area (Å²) in [6.07, 6.45) is 3.05. The largest absolute Gasteiger partial charge is 0.463 e. The Labute approximate surface area is 119 Å². The van der Waals surface area contributed by atoms with Crippen molar-refractivity contribution in [1.29, 1.82) is 0 Å². The molecule has 0 unspecified atom stereocenters. The van der Waals surface area contributed by atoms with Crippen molar-refractivity contribution in [3.05, 3.63) is 0 Å². The van der Waals surface area contributed by atoms with Gasteiger partial charge in [0.1, 0.15) is 6.10 Å². The SMILES string of the molecule is CCCOc1nc(NC)nc(OC2CCN(C)CC2)n1. The average Bonchev–Trinajstić information content (AvgIpc) is 2.47. The molecule has 1 aromatic rings. The van der Waals surface area contributed by atoms with Crippen LogP contribution in [0.2, 0.25) is 0 Å². The topological polar surface area (TPSA) is 72.4 Å². The Hall–Kier alpha value is -1.63. The third-order valence-electron chi connectivity index (χ3n) is 3.19. The third kappa shape index (κ3) is 4.19. The molecule has 20 heavy (non-hydrogen) atoms. The summed E-state index contributed by atoms with van der Waals surface area (Å²) in [5, 5.41) is 2.90. The fourth-order valence-electron chi connectivity index (χ4n) is 2.01. The first-order valence-corrected chi connectivity index (χ1v) is 7.13. The van der Waals surface area contributed by atoms with Gasteiger partial charge in [-0.25, -0.2) is 0 Å². The van der Waals surface area contributed by atoms with E-state index in [2.05, 4.69) is 32.2 Å². The first-order valence-electron chi connectivity index (χ1n) is 7.13. The van der Waals surface area contributed by atoms with Crippen molar-refractivity contribution < 1.29 is 9.47 Å². The maximum Gasteiger partial charge on any atom is 0.324 e. The van der Waals surface area contributed by atoms with E-state index in [4.69, 9.17) is 9.47 Å². The molecule has 0 aliphatic carbocycles. The zero-order valence-electron chi connectivity index (χ0n) is 12.4. The summed E-state index contributed by atoms with van der Waals surface area (Å²) in [6.45, 7) is 4.69. The zero-order chi connectivity index (χ0) is 14.4. The van der Waals surface area contributed by atoms with Gasteiger partial charge in [-0.3, -0.25) is 0 Å². The highest BCUT2D eigenvalue weighted by atomic mass is 16.5. The molecule has 0 aromatic carbocycles. The van der Waals surface area contributed by atoms with Crippen molar-refractivity contribution in [2.45, 2.75) is 32.3 Å². The number of hydrogen-bond acceptors (Lipinski definition) is 7. The van der Waals surface area contributed by atoms with Gasteiger partial charge in [-0.15, -0.1) is 4.98 Å². The predicted octanol–water partition coefficient (Wildman–Crippen LogP) is 1.18. The standard InChI is InChI=1S/C13H23N5O2/c1-4-9-19-12-15-11(14-2)16-13(17-12)20-10-5-7-18(3)8-6-10/h10H,4-9H2,1-3H3,(H,14,15,16,17). The number of nitrogens with one attached hydrogen (secondary N) is 1. The highest BCUT2D eigenvalue weighted by Gasteiger charge is 2.20. The van der Waals surface area contributed by atoms with Crippen molar-refractivity contribution >= 4 is 5.95 Å². The Kier molecular flexibility index (Phi) is 5.34. The lowest BCUT2D eigenvalue weighted by molar-refractivity contribution is 0.104. The van der Waals surface area contributed by atoms with Crippen molar-refractivity contribution in [2.24, 2.45) is 0 Å². The van der Waals surface area contributed by atoms with Gasteiger partial charge in [0, 0.05) is 20.1 Å². The third-order valence-corrected chi connectivity index (χ3v) is 3.19. The van der Waals surface area contributed by atoms with Crippen molar-refractivity contribution in [2.75, 3.05) is 39.1 Å². The van der Waals surface area contributed by atoms with Crippen LogP contribution in [-0.4, -0.2) is 59.7 Å². The van der Waals surface area contributed by atoms with Crippen LogP contribution in [0.4, 0.5) is 5.95 Å². The van der Waals surface area contributed by atoms with Crippen LogP contribution in [0.15, 0.2) is 0 Å². The molecule has 112 valence electrons. The van der Waals surface area contributed by atoms with Crippen LogP contribution in [0.3, 0.4) is 0 Å². The number of rotatable bonds is 6. The van der Waals surface area contributed by atoms with Gasteiger partial charge in [0.05, 0.1) is 6.61 Å². The molecule has 0 radical (unpaired) electrons. The van der Waals surface area contributed by atoms with Crippen molar-refractivity contribution in [3.63, 3.8) is 0 Å². The molecule has 1 fully saturated rings. The normalized spacial score (nSPS) is 16.9. The number of likely N-dealkylation sites (tertiary alicyclic amines) is 1. The number of nitrogens with zero attached hydrogens (tertiary/aromatic N) is 4. The summed E-state index contributed by atoms with van der Waals surface area (Å²) < 4.78 is 11.3. The summed E-state index contributed by atoms with van der Waals surface area (Å²) in [4.78, 5) is 14.9. The molecule has 1 N–H and O–H groups in total. The number of hydrogen-bond donors (Lipinski definition) is 1. The minimum Gasteiger partial charge on any atom is -0.463 e. The van der Waals surface area contributed by atoms with Crippen molar-refractivity contribution in [1.82, 2.24) is 19.9 Å². The molecule has 1 saturated heterocycles. The second kappa shape index (κ2) is 7.23. The number of aromatic nitrogens is 3. The number of anilines is 1. The summed E-state index contributed by atoms with van der Waals surface area (Å²) in [5.74, 6) is 0.467. The second-order valence-electron chi connectivity index (χ2n) is 4.94.